The van der Waals surface area contributed by atoms with E-state index >= 15 is 0 Å². The van der Waals surface area contributed by atoms with E-state index in [4.69, 9.17) is 16.3 Å². The van der Waals surface area contributed by atoms with Gasteiger partial charge in [-0.25, -0.2) is 0 Å². The van der Waals surface area contributed by atoms with E-state index in [1.54, 1.807) is 0 Å². The predicted molar refractivity (Wildman–Crippen MR) is 59.2 cm³/mol. The summed E-state index contributed by atoms with van der Waals surface area (Å²) >= 11 is 6.00. The summed E-state index contributed by atoms with van der Waals surface area (Å²) < 4.78 is 5.63. The minimum atomic E-state index is 0.376. The SMILES string of the molecule is CC(C)C1COc2c(Cl)cccc2N1. The quantitative estimate of drug-likeness (QED) is 0.771. The van der Waals surface area contributed by atoms with Gasteiger partial charge < -0.3 is 10.1 Å². The molecule has 0 aliphatic carbocycles. The van der Waals surface area contributed by atoms with Gasteiger partial charge >= 0.3 is 0 Å². The molecule has 1 aromatic rings. The van der Waals surface area contributed by atoms with Gasteiger partial charge in [0.05, 0.1) is 16.8 Å². The third kappa shape index (κ3) is 1.67. The molecule has 0 amide bonds. The monoisotopic (exact) mass is 211 g/mol. The van der Waals surface area contributed by atoms with Crippen LogP contribution in [-0.4, -0.2) is 12.6 Å². The van der Waals surface area contributed by atoms with Crippen LogP contribution in [0.1, 0.15) is 13.8 Å². The highest BCUT2D eigenvalue weighted by molar-refractivity contribution is 6.32. The maximum absolute atomic E-state index is 6.00. The molecule has 14 heavy (non-hydrogen) atoms. The summed E-state index contributed by atoms with van der Waals surface area (Å²) in [6.07, 6.45) is 0. The molecule has 1 aliphatic rings. The zero-order chi connectivity index (χ0) is 10.1. The third-order valence-electron chi connectivity index (χ3n) is 2.52. The Morgan fingerprint density at radius 2 is 2.29 bits per heavy atom. The Bertz CT molecular complexity index is 338. The second kappa shape index (κ2) is 3.70. The molecule has 1 N–H and O–H groups in total. The molecule has 0 spiro atoms. The van der Waals surface area contributed by atoms with Crippen molar-refractivity contribution in [1.29, 1.82) is 0 Å². The number of para-hydroxylation sites is 1. The van der Waals surface area contributed by atoms with Crippen molar-refractivity contribution in [2.24, 2.45) is 5.92 Å². The van der Waals surface area contributed by atoms with Crippen molar-refractivity contribution in [3.8, 4) is 5.75 Å². The Morgan fingerprint density at radius 3 is 3.00 bits per heavy atom. The molecule has 1 heterocycles. The van der Waals surface area contributed by atoms with Crippen molar-refractivity contribution in [3.63, 3.8) is 0 Å². The molecular formula is C11H14ClNO. The molecule has 1 unspecified atom stereocenters. The highest BCUT2D eigenvalue weighted by Gasteiger charge is 2.22. The van der Waals surface area contributed by atoms with Crippen molar-refractivity contribution >= 4 is 17.3 Å². The van der Waals surface area contributed by atoms with E-state index < -0.39 is 0 Å². The van der Waals surface area contributed by atoms with Crippen LogP contribution < -0.4 is 10.1 Å². The summed E-state index contributed by atoms with van der Waals surface area (Å²) in [7, 11) is 0. The van der Waals surface area contributed by atoms with Crippen molar-refractivity contribution in [1.82, 2.24) is 0 Å². The molecule has 0 radical (unpaired) electrons. The van der Waals surface area contributed by atoms with Crippen molar-refractivity contribution in [2.75, 3.05) is 11.9 Å². The largest absolute Gasteiger partial charge is 0.488 e. The van der Waals surface area contributed by atoms with Gasteiger partial charge in [-0.1, -0.05) is 31.5 Å². The van der Waals surface area contributed by atoms with Crippen LogP contribution in [-0.2, 0) is 0 Å². The summed E-state index contributed by atoms with van der Waals surface area (Å²) in [5, 5.41) is 4.11. The summed E-state index contributed by atoms with van der Waals surface area (Å²) in [5.74, 6) is 1.34. The zero-order valence-electron chi connectivity index (χ0n) is 8.38. The number of anilines is 1. The second-order valence-corrected chi connectivity index (χ2v) is 4.33. The molecule has 0 saturated heterocycles. The Morgan fingerprint density at radius 1 is 1.50 bits per heavy atom. The van der Waals surface area contributed by atoms with Crippen molar-refractivity contribution in [3.05, 3.63) is 23.2 Å². The van der Waals surface area contributed by atoms with Crippen LogP contribution >= 0.6 is 11.6 Å². The van der Waals surface area contributed by atoms with E-state index in [1.165, 1.54) is 0 Å². The average molecular weight is 212 g/mol. The van der Waals surface area contributed by atoms with Crippen LogP contribution in [0.25, 0.3) is 0 Å². The molecule has 0 bridgehead atoms. The molecule has 1 atom stereocenters. The minimum Gasteiger partial charge on any atom is -0.488 e. The number of hydrogen-bond donors (Lipinski definition) is 1. The van der Waals surface area contributed by atoms with Gasteiger partial charge in [-0.05, 0) is 18.1 Å². The maximum Gasteiger partial charge on any atom is 0.161 e. The molecule has 1 aliphatic heterocycles. The van der Waals surface area contributed by atoms with E-state index in [0.717, 1.165) is 11.4 Å². The van der Waals surface area contributed by atoms with Crippen molar-refractivity contribution < 1.29 is 4.74 Å². The minimum absolute atomic E-state index is 0.376. The first kappa shape index (κ1) is 9.66. The number of hydrogen-bond acceptors (Lipinski definition) is 2. The summed E-state index contributed by atoms with van der Waals surface area (Å²) in [6, 6.07) is 6.15. The maximum atomic E-state index is 6.00. The highest BCUT2D eigenvalue weighted by Crippen LogP contribution is 2.36. The van der Waals surface area contributed by atoms with Gasteiger partial charge in [-0.15, -0.1) is 0 Å². The fourth-order valence-corrected chi connectivity index (χ4v) is 1.77. The topological polar surface area (TPSA) is 21.3 Å². The van der Waals surface area contributed by atoms with E-state index in [9.17, 15) is 0 Å². The standard InChI is InChI=1S/C11H14ClNO/c1-7(2)10-6-14-11-8(12)4-3-5-9(11)13-10/h3-5,7,10,13H,6H2,1-2H3. The third-order valence-corrected chi connectivity index (χ3v) is 2.82. The van der Waals surface area contributed by atoms with Gasteiger partial charge in [0, 0.05) is 0 Å². The van der Waals surface area contributed by atoms with Gasteiger partial charge in [0.2, 0.25) is 0 Å². The van der Waals surface area contributed by atoms with Crippen LogP contribution in [0.3, 0.4) is 0 Å². The first-order chi connectivity index (χ1) is 6.68. The van der Waals surface area contributed by atoms with E-state index in [-0.39, 0.29) is 0 Å². The van der Waals surface area contributed by atoms with Gasteiger partial charge in [0.1, 0.15) is 6.61 Å². The number of benzene rings is 1. The fraction of sp³-hybridized carbons (Fsp3) is 0.455. The molecule has 0 fully saturated rings. The first-order valence-electron chi connectivity index (χ1n) is 4.86. The summed E-state index contributed by atoms with van der Waals surface area (Å²) in [5.41, 5.74) is 1.00. The van der Waals surface area contributed by atoms with Crippen LogP contribution in [0.5, 0.6) is 5.75 Å². The lowest BCUT2D eigenvalue weighted by Crippen LogP contribution is -2.35. The van der Waals surface area contributed by atoms with Crippen LogP contribution in [0.4, 0.5) is 5.69 Å². The van der Waals surface area contributed by atoms with Crippen LogP contribution in [0.15, 0.2) is 18.2 Å². The van der Waals surface area contributed by atoms with Gasteiger partial charge in [-0.2, -0.15) is 0 Å². The number of nitrogens with one attached hydrogen (secondary N) is 1. The molecule has 0 saturated carbocycles. The lowest BCUT2D eigenvalue weighted by atomic mass is 10.0. The van der Waals surface area contributed by atoms with E-state index in [2.05, 4.69) is 19.2 Å². The van der Waals surface area contributed by atoms with Gasteiger partial charge in [0.25, 0.3) is 0 Å². The molecule has 2 nitrogen and oxygen atoms in total. The predicted octanol–water partition coefficient (Wildman–Crippen LogP) is 3.17. The summed E-state index contributed by atoms with van der Waals surface area (Å²) in [4.78, 5) is 0. The number of fused-ring (bicyclic) bond motifs is 1. The molecule has 3 heteroatoms. The number of rotatable bonds is 1. The molecule has 2 rings (SSSR count). The summed E-state index contributed by atoms with van der Waals surface area (Å²) in [6.45, 7) is 5.04. The lowest BCUT2D eigenvalue weighted by Gasteiger charge is -2.30. The zero-order valence-corrected chi connectivity index (χ0v) is 9.14. The van der Waals surface area contributed by atoms with Gasteiger partial charge in [0.15, 0.2) is 5.75 Å². The second-order valence-electron chi connectivity index (χ2n) is 3.92. The lowest BCUT2D eigenvalue weighted by molar-refractivity contribution is 0.257. The van der Waals surface area contributed by atoms with E-state index in [1.807, 2.05) is 18.2 Å². The fourth-order valence-electron chi connectivity index (χ4n) is 1.54. The smallest absolute Gasteiger partial charge is 0.161 e. The average Bonchev–Trinajstić information content (AvgIpc) is 2.17. The van der Waals surface area contributed by atoms with Crippen LogP contribution in [0.2, 0.25) is 5.02 Å². The normalized spacial score (nSPS) is 19.9. The number of halogens is 1. The van der Waals surface area contributed by atoms with Gasteiger partial charge in [-0.3, -0.25) is 0 Å². The van der Waals surface area contributed by atoms with Crippen LogP contribution in [0, 0.1) is 5.92 Å². The Hall–Kier alpha value is -0.890. The van der Waals surface area contributed by atoms with Crippen molar-refractivity contribution in [2.45, 2.75) is 19.9 Å². The first-order valence-corrected chi connectivity index (χ1v) is 5.24. The van der Waals surface area contributed by atoms with E-state index in [0.29, 0.717) is 23.6 Å². The Labute approximate surface area is 89.2 Å². The Kier molecular flexibility index (Phi) is 2.55. The molecule has 76 valence electrons. The Balaban J connectivity index is 2.27. The molecule has 0 aromatic heterocycles. The highest BCUT2D eigenvalue weighted by atomic mass is 35.5. The molecular weight excluding hydrogens is 198 g/mol. The molecule has 1 aromatic carbocycles. The number of ether oxygens (including phenoxy) is 1.